The molecule has 0 aliphatic carbocycles. The van der Waals surface area contributed by atoms with Gasteiger partial charge in [0.15, 0.2) is 11.5 Å². The van der Waals surface area contributed by atoms with Crippen molar-refractivity contribution >= 4 is 28.9 Å². The Bertz CT molecular complexity index is 1180. The lowest BCUT2D eigenvalue weighted by molar-refractivity contribution is 0.0989. The number of anilines is 2. The minimum atomic E-state index is -0.264. The monoisotopic (exact) mass is 431 g/mol. The smallest absolute Gasteiger partial charge is 0.280 e. The Balaban J connectivity index is 1.78. The molecule has 0 saturated heterocycles. The Labute approximate surface area is 186 Å². The number of nitrogens with zero attached hydrogens (tertiary/aromatic N) is 3. The Kier molecular flexibility index (Phi) is 5.78. The Morgan fingerprint density at radius 2 is 1.42 bits per heavy atom. The van der Waals surface area contributed by atoms with Crippen LogP contribution in [0.5, 0.6) is 0 Å². The molecule has 31 heavy (non-hydrogen) atoms. The zero-order chi connectivity index (χ0) is 22.0. The van der Waals surface area contributed by atoms with Crippen molar-refractivity contribution in [1.82, 2.24) is 4.98 Å². The summed E-state index contributed by atoms with van der Waals surface area (Å²) in [4.78, 5) is 21.5. The number of aromatic nitrogens is 1. The van der Waals surface area contributed by atoms with Crippen LogP contribution in [0, 0.1) is 0 Å². The summed E-state index contributed by atoms with van der Waals surface area (Å²) < 4.78 is 6.12. The third kappa shape index (κ3) is 4.32. The maximum atomic E-state index is 13.4. The second kappa shape index (κ2) is 8.66. The van der Waals surface area contributed by atoms with Gasteiger partial charge in [0.1, 0.15) is 0 Å². The number of carbonyl (C=O) groups excluding carboxylic acids is 1. The maximum Gasteiger partial charge on any atom is 0.280 e. The van der Waals surface area contributed by atoms with Gasteiger partial charge in [-0.15, -0.1) is 0 Å². The molecule has 4 aromatic rings. The van der Waals surface area contributed by atoms with E-state index in [1.54, 1.807) is 36.2 Å². The summed E-state index contributed by atoms with van der Waals surface area (Å²) in [5.74, 6) is 0.579. The molecule has 1 aromatic heterocycles. The number of halogens is 1. The summed E-state index contributed by atoms with van der Waals surface area (Å²) in [5.41, 5.74) is 3.62. The molecule has 0 unspecified atom stereocenters. The van der Waals surface area contributed by atoms with Crippen LogP contribution < -0.4 is 9.80 Å². The number of oxazole rings is 1. The van der Waals surface area contributed by atoms with Gasteiger partial charge in [0, 0.05) is 48.7 Å². The summed E-state index contributed by atoms with van der Waals surface area (Å²) in [6, 6.07) is 24.5. The first kappa shape index (κ1) is 20.7. The highest BCUT2D eigenvalue weighted by molar-refractivity contribution is 6.30. The highest BCUT2D eigenvalue weighted by Crippen LogP contribution is 2.32. The molecule has 0 radical (unpaired) electrons. The second-order valence-electron chi connectivity index (χ2n) is 7.34. The van der Waals surface area contributed by atoms with Gasteiger partial charge in [0.2, 0.25) is 5.89 Å². The van der Waals surface area contributed by atoms with Gasteiger partial charge in [0.05, 0.1) is 0 Å². The zero-order valence-electron chi connectivity index (χ0n) is 17.5. The van der Waals surface area contributed by atoms with E-state index in [1.165, 1.54) is 0 Å². The summed E-state index contributed by atoms with van der Waals surface area (Å²) in [6.45, 7) is 0. The first-order valence-electron chi connectivity index (χ1n) is 9.81. The van der Waals surface area contributed by atoms with Crippen molar-refractivity contribution in [2.75, 3.05) is 30.9 Å². The minimum absolute atomic E-state index is 0.258. The number of hydrogen-bond acceptors (Lipinski definition) is 4. The van der Waals surface area contributed by atoms with E-state index in [1.807, 2.05) is 73.6 Å². The quantitative estimate of drug-likeness (QED) is 0.388. The molecule has 0 aliphatic heterocycles. The SMILES string of the molecule is CN(C)c1ccc(-c2oc(-c3ccccc3)nc2C(=O)N(C)c2ccc(Cl)cc2)cc1. The topological polar surface area (TPSA) is 49.6 Å². The van der Waals surface area contributed by atoms with Gasteiger partial charge in [-0.3, -0.25) is 4.79 Å². The molecule has 0 bridgehead atoms. The number of benzene rings is 3. The molecule has 1 heterocycles. The van der Waals surface area contributed by atoms with Crippen molar-refractivity contribution in [2.45, 2.75) is 0 Å². The standard InChI is InChI=1S/C25H22ClN3O2/c1-28(2)20-13-9-17(10-14-20)23-22(27-24(31-23)18-7-5-4-6-8-18)25(30)29(3)21-15-11-19(26)12-16-21/h4-16H,1-3H3. The summed E-state index contributed by atoms with van der Waals surface area (Å²) >= 11 is 5.99. The Morgan fingerprint density at radius 1 is 0.806 bits per heavy atom. The van der Waals surface area contributed by atoms with Crippen LogP contribution in [0.4, 0.5) is 11.4 Å². The van der Waals surface area contributed by atoms with Gasteiger partial charge in [-0.2, -0.15) is 0 Å². The lowest BCUT2D eigenvalue weighted by Crippen LogP contribution is -2.27. The highest BCUT2D eigenvalue weighted by atomic mass is 35.5. The van der Waals surface area contributed by atoms with Crippen LogP contribution in [-0.4, -0.2) is 32.0 Å². The summed E-state index contributed by atoms with van der Waals surface area (Å²) in [6.07, 6.45) is 0. The van der Waals surface area contributed by atoms with Crippen molar-refractivity contribution < 1.29 is 9.21 Å². The Morgan fingerprint density at radius 3 is 2.03 bits per heavy atom. The average Bonchev–Trinajstić information content (AvgIpc) is 3.25. The van der Waals surface area contributed by atoms with Crippen LogP contribution in [0.1, 0.15) is 10.5 Å². The number of rotatable bonds is 5. The fourth-order valence-corrected chi connectivity index (χ4v) is 3.34. The lowest BCUT2D eigenvalue weighted by atomic mass is 10.1. The van der Waals surface area contributed by atoms with Gasteiger partial charge in [-0.1, -0.05) is 29.8 Å². The van der Waals surface area contributed by atoms with Crippen molar-refractivity contribution in [3.8, 4) is 22.8 Å². The first-order valence-corrected chi connectivity index (χ1v) is 10.2. The van der Waals surface area contributed by atoms with E-state index in [2.05, 4.69) is 4.98 Å². The molecular weight excluding hydrogens is 410 g/mol. The Hall–Kier alpha value is -3.57. The van der Waals surface area contributed by atoms with E-state index in [0.29, 0.717) is 22.4 Å². The normalized spacial score (nSPS) is 10.7. The number of hydrogen-bond donors (Lipinski definition) is 0. The van der Waals surface area contributed by atoms with Crippen molar-refractivity contribution in [3.63, 3.8) is 0 Å². The molecule has 156 valence electrons. The molecule has 4 rings (SSSR count). The van der Waals surface area contributed by atoms with Gasteiger partial charge in [-0.25, -0.2) is 4.98 Å². The molecule has 0 atom stereocenters. The third-order valence-electron chi connectivity index (χ3n) is 5.01. The van der Waals surface area contributed by atoms with Crippen LogP contribution in [0.3, 0.4) is 0 Å². The van der Waals surface area contributed by atoms with E-state index in [-0.39, 0.29) is 11.6 Å². The average molecular weight is 432 g/mol. The fraction of sp³-hybridized carbons (Fsp3) is 0.120. The second-order valence-corrected chi connectivity index (χ2v) is 7.78. The van der Waals surface area contributed by atoms with E-state index in [0.717, 1.165) is 16.8 Å². The first-order chi connectivity index (χ1) is 14.9. The molecule has 0 saturated carbocycles. The minimum Gasteiger partial charge on any atom is -0.435 e. The van der Waals surface area contributed by atoms with Crippen LogP contribution in [0.25, 0.3) is 22.8 Å². The van der Waals surface area contributed by atoms with Crippen molar-refractivity contribution in [3.05, 3.63) is 89.6 Å². The molecule has 5 nitrogen and oxygen atoms in total. The highest BCUT2D eigenvalue weighted by Gasteiger charge is 2.25. The van der Waals surface area contributed by atoms with Crippen molar-refractivity contribution in [1.29, 1.82) is 0 Å². The third-order valence-corrected chi connectivity index (χ3v) is 5.27. The van der Waals surface area contributed by atoms with E-state index >= 15 is 0 Å². The predicted molar refractivity (Wildman–Crippen MR) is 126 cm³/mol. The summed E-state index contributed by atoms with van der Waals surface area (Å²) in [7, 11) is 5.67. The largest absolute Gasteiger partial charge is 0.435 e. The van der Waals surface area contributed by atoms with E-state index in [9.17, 15) is 4.79 Å². The molecule has 3 aromatic carbocycles. The predicted octanol–water partition coefficient (Wildman–Crippen LogP) is 6.00. The van der Waals surface area contributed by atoms with Crippen LogP contribution >= 0.6 is 11.6 Å². The van der Waals surface area contributed by atoms with E-state index < -0.39 is 0 Å². The molecule has 0 aliphatic rings. The van der Waals surface area contributed by atoms with Gasteiger partial charge >= 0.3 is 0 Å². The molecular formula is C25H22ClN3O2. The van der Waals surface area contributed by atoms with Crippen LogP contribution in [0.2, 0.25) is 5.02 Å². The molecule has 1 amide bonds. The molecule has 0 fully saturated rings. The van der Waals surface area contributed by atoms with Crippen LogP contribution in [-0.2, 0) is 0 Å². The van der Waals surface area contributed by atoms with Crippen molar-refractivity contribution in [2.24, 2.45) is 0 Å². The molecule has 0 N–H and O–H groups in total. The fourth-order valence-electron chi connectivity index (χ4n) is 3.22. The van der Waals surface area contributed by atoms with E-state index in [4.69, 9.17) is 16.0 Å². The molecule has 6 heteroatoms. The summed E-state index contributed by atoms with van der Waals surface area (Å²) in [5, 5.41) is 0.610. The lowest BCUT2D eigenvalue weighted by Gasteiger charge is -2.17. The molecule has 0 spiro atoms. The number of amides is 1. The number of carbonyl (C=O) groups is 1. The maximum absolute atomic E-state index is 13.4. The van der Waals surface area contributed by atoms with Gasteiger partial charge < -0.3 is 14.2 Å². The van der Waals surface area contributed by atoms with Gasteiger partial charge in [-0.05, 0) is 60.7 Å². The van der Waals surface area contributed by atoms with Crippen LogP contribution in [0.15, 0.2) is 83.3 Å². The van der Waals surface area contributed by atoms with Gasteiger partial charge in [0.25, 0.3) is 5.91 Å². The zero-order valence-corrected chi connectivity index (χ0v) is 18.3.